The van der Waals surface area contributed by atoms with E-state index >= 15 is 0 Å². The molecule has 3 N–H and O–H groups in total. The summed E-state index contributed by atoms with van der Waals surface area (Å²) in [6.45, 7) is 1.74. The van der Waals surface area contributed by atoms with Gasteiger partial charge in [-0.05, 0) is 30.4 Å². The first-order valence-corrected chi connectivity index (χ1v) is 7.54. The first-order chi connectivity index (χ1) is 10.2. The van der Waals surface area contributed by atoms with Crippen molar-refractivity contribution in [2.45, 2.75) is 25.3 Å². The van der Waals surface area contributed by atoms with Gasteiger partial charge in [0.15, 0.2) is 0 Å². The second kappa shape index (κ2) is 5.85. The fourth-order valence-electron chi connectivity index (χ4n) is 3.37. The van der Waals surface area contributed by atoms with Gasteiger partial charge in [0, 0.05) is 25.6 Å². The number of rotatable bonds is 2. The van der Waals surface area contributed by atoms with Gasteiger partial charge in [0.25, 0.3) is 0 Å². The van der Waals surface area contributed by atoms with Crippen LogP contribution in [-0.4, -0.2) is 42.4 Å². The number of piperazine rings is 1. The molecule has 2 amide bonds. The number of hydrogen-bond donors (Lipinski definition) is 2. The zero-order valence-corrected chi connectivity index (χ0v) is 12.0. The predicted molar refractivity (Wildman–Crippen MR) is 79.5 cm³/mol. The van der Waals surface area contributed by atoms with E-state index in [9.17, 15) is 9.59 Å². The summed E-state index contributed by atoms with van der Waals surface area (Å²) >= 11 is 0. The van der Waals surface area contributed by atoms with Gasteiger partial charge in [0.05, 0.1) is 0 Å². The summed E-state index contributed by atoms with van der Waals surface area (Å²) in [7, 11) is 0. The standard InChI is InChI=1S/C16H21N3O2/c17-15(20)14-10-18-7-8-19(14)16(21)13-6-5-11-3-1-2-4-12(11)9-13/h1-4,13-14,18H,5-10H2,(H2,17,20). The fraction of sp³-hybridized carbons (Fsp3) is 0.500. The van der Waals surface area contributed by atoms with Crippen molar-refractivity contribution in [3.63, 3.8) is 0 Å². The summed E-state index contributed by atoms with van der Waals surface area (Å²) in [5, 5.41) is 3.12. The van der Waals surface area contributed by atoms with Crippen LogP contribution in [-0.2, 0) is 22.4 Å². The van der Waals surface area contributed by atoms with Crippen LogP contribution in [0.2, 0.25) is 0 Å². The van der Waals surface area contributed by atoms with Gasteiger partial charge in [-0.25, -0.2) is 0 Å². The van der Waals surface area contributed by atoms with Crippen LogP contribution in [0, 0.1) is 5.92 Å². The van der Waals surface area contributed by atoms with Crippen molar-refractivity contribution in [2.75, 3.05) is 19.6 Å². The molecule has 2 atom stereocenters. The van der Waals surface area contributed by atoms with Crippen molar-refractivity contribution < 1.29 is 9.59 Å². The molecule has 21 heavy (non-hydrogen) atoms. The molecule has 2 aliphatic rings. The third-order valence-corrected chi connectivity index (χ3v) is 4.55. The van der Waals surface area contributed by atoms with Crippen molar-refractivity contribution in [1.29, 1.82) is 0 Å². The summed E-state index contributed by atoms with van der Waals surface area (Å²) in [4.78, 5) is 26.0. The molecule has 0 radical (unpaired) electrons. The Morgan fingerprint density at radius 1 is 1.24 bits per heavy atom. The lowest BCUT2D eigenvalue weighted by molar-refractivity contribution is -0.144. The molecule has 1 fully saturated rings. The molecule has 1 aromatic rings. The molecule has 5 nitrogen and oxygen atoms in total. The van der Waals surface area contributed by atoms with E-state index in [1.807, 2.05) is 12.1 Å². The number of hydrogen-bond acceptors (Lipinski definition) is 3. The van der Waals surface area contributed by atoms with Crippen LogP contribution in [0.25, 0.3) is 0 Å². The lowest BCUT2D eigenvalue weighted by atomic mass is 9.83. The Balaban J connectivity index is 1.75. The molecule has 3 rings (SSSR count). The number of nitrogens with two attached hydrogens (primary N) is 1. The average Bonchev–Trinajstić information content (AvgIpc) is 2.53. The summed E-state index contributed by atoms with van der Waals surface area (Å²) in [5.41, 5.74) is 8.03. The maximum absolute atomic E-state index is 12.8. The topological polar surface area (TPSA) is 75.4 Å². The number of carbonyl (C=O) groups is 2. The van der Waals surface area contributed by atoms with Crippen LogP contribution in [0.5, 0.6) is 0 Å². The third kappa shape index (κ3) is 2.78. The quantitative estimate of drug-likeness (QED) is 0.809. The number of nitrogens with one attached hydrogen (secondary N) is 1. The highest BCUT2D eigenvalue weighted by atomic mass is 16.2. The SMILES string of the molecule is NC(=O)C1CNCCN1C(=O)C1CCc2ccccc2C1. The van der Waals surface area contributed by atoms with Gasteiger partial charge in [-0.3, -0.25) is 9.59 Å². The Bertz CT molecular complexity index is 558. The molecule has 0 spiro atoms. The van der Waals surface area contributed by atoms with Crippen molar-refractivity contribution in [3.05, 3.63) is 35.4 Å². The second-order valence-corrected chi connectivity index (χ2v) is 5.86. The molecule has 1 heterocycles. The smallest absolute Gasteiger partial charge is 0.241 e. The third-order valence-electron chi connectivity index (χ3n) is 4.55. The minimum Gasteiger partial charge on any atom is -0.368 e. The first kappa shape index (κ1) is 14.1. The maximum Gasteiger partial charge on any atom is 0.241 e. The van der Waals surface area contributed by atoms with E-state index in [1.54, 1.807) is 4.90 Å². The number of carbonyl (C=O) groups excluding carboxylic acids is 2. The van der Waals surface area contributed by atoms with Crippen LogP contribution in [0.4, 0.5) is 0 Å². The van der Waals surface area contributed by atoms with Crippen molar-refractivity contribution >= 4 is 11.8 Å². The predicted octanol–water partition coefficient (Wildman–Crippen LogP) is 0.0772. The molecule has 0 saturated carbocycles. The highest BCUT2D eigenvalue weighted by Crippen LogP contribution is 2.27. The number of primary amides is 1. The van der Waals surface area contributed by atoms with Crippen LogP contribution in [0.15, 0.2) is 24.3 Å². The normalized spacial score (nSPS) is 25.2. The molecule has 1 saturated heterocycles. The fourth-order valence-corrected chi connectivity index (χ4v) is 3.37. The first-order valence-electron chi connectivity index (χ1n) is 7.54. The molecule has 5 heteroatoms. The van der Waals surface area contributed by atoms with Crippen LogP contribution >= 0.6 is 0 Å². The molecule has 0 aromatic heterocycles. The Kier molecular flexibility index (Phi) is 3.92. The van der Waals surface area contributed by atoms with Crippen molar-refractivity contribution in [1.82, 2.24) is 10.2 Å². The molecule has 1 aromatic carbocycles. The van der Waals surface area contributed by atoms with E-state index in [0.717, 1.165) is 25.8 Å². The van der Waals surface area contributed by atoms with Gasteiger partial charge in [-0.2, -0.15) is 0 Å². The van der Waals surface area contributed by atoms with Crippen LogP contribution in [0.3, 0.4) is 0 Å². The zero-order chi connectivity index (χ0) is 14.8. The molecule has 0 bridgehead atoms. The molecule has 1 aliphatic carbocycles. The minimum atomic E-state index is -0.511. The maximum atomic E-state index is 12.8. The van der Waals surface area contributed by atoms with Gasteiger partial charge >= 0.3 is 0 Å². The van der Waals surface area contributed by atoms with E-state index in [4.69, 9.17) is 5.73 Å². The highest BCUT2D eigenvalue weighted by Gasteiger charge is 2.35. The van der Waals surface area contributed by atoms with Gasteiger partial charge < -0.3 is 16.0 Å². The van der Waals surface area contributed by atoms with Crippen LogP contribution < -0.4 is 11.1 Å². The minimum absolute atomic E-state index is 0.0279. The lowest BCUT2D eigenvalue weighted by Crippen LogP contribution is -2.60. The highest BCUT2D eigenvalue weighted by molar-refractivity contribution is 5.88. The average molecular weight is 287 g/mol. The van der Waals surface area contributed by atoms with Gasteiger partial charge in [-0.1, -0.05) is 24.3 Å². The Hall–Kier alpha value is -1.88. The van der Waals surface area contributed by atoms with Crippen LogP contribution in [0.1, 0.15) is 17.5 Å². The van der Waals surface area contributed by atoms with Crippen molar-refractivity contribution in [3.8, 4) is 0 Å². The van der Waals surface area contributed by atoms with E-state index in [2.05, 4.69) is 17.4 Å². The molecule has 1 aliphatic heterocycles. The molecule has 2 unspecified atom stereocenters. The number of fused-ring (bicyclic) bond motifs is 1. The van der Waals surface area contributed by atoms with Crippen molar-refractivity contribution in [2.24, 2.45) is 11.7 Å². The molecular weight excluding hydrogens is 266 g/mol. The van der Waals surface area contributed by atoms with E-state index in [1.165, 1.54) is 11.1 Å². The Labute approximate surface area is 124 Å². The largest absolute Gasteiger partial charge is 0.368 e. The molecule has 112 valence electrons. The Morgan fingerprint density at radius 3 is 2.76 bits per heavy atom. The summed E-state index contributed by atoms with van der Waals surface area (Å²) in [6, 6.07) is 7.78. The number of benzene rings is 1. The van der Waals surface area contributed by atoms with E-state index in [-0.39, 0.29) is 11.8 Å². The number of amides is 2. The number of nitrogens with zero attached hydrogens (tertiary/aromatic N) is 1. The monoisotopic (exact) mass is 287 g/mol. The lowest BCUT2D eigenvalue weighted by Gasteiger charge is -2.37. The summed E-state index contributed by atoms with van der Waals surface area (Å²) < 4.78 is 0. The van der Waals surface area contributed by atoms with Gasteiger partial charge in [0.2, 0.25) is 11.8 Å². The summed E-state index contributed by atoms with van der Waals surface area (Å²) in [5.74, 6) is -0.374. The second-order valence-electron chi connectivity index (χ2n) is 5.86. The number of aryl methyl sites for hydroxylation is 1. The zero-order valence-electron chi connectivity index (χ0n) is 12.0. The Morgan fingerprint density at radius 2 is 2.00 bits per heavy atom. The van der Waals surface area contributed by atoms with E-state index in [0.29, 0.717) is 13.1 Å². The molecular formula is C16H21N3O2. The van der Waals surface area contributed by atoms with Gasteiger partial charge in [0.1, 0.15) is 6.04 Å². The van der Waals surface area contributed by atoms with Gasteiger partial charge in [-0.15, -0.1) is 0 Å². The van der Waals surface area contributed by atoms with E-state index < -0.39 is 11.9 Å². The summed E-state index contributed by atoms with van der Waals surface area (Å²) in [6.07, 6.45) is 2.55.